The molecular formula is C18H29NO2. The molecule has 118 valence electrons. The van der Waals surface area contributed by atoms with Gasteiger partial charge in [0, 0.05) is 13.1 Å². The molecule has 0 heterocycles. The van der Waals surface area contributed by atoms with E-state index < -0.39 is 5.60 Å². The van der Waals surface area contributed by atoms with Crippen molar-refractivity contribution >= 4 is 0 Å². The van der Waals surface area contributed by atoms with Crippen LogP contribution in [-0.2, 0) is 6.54 Å². The lowest BCUT2D eigenvalue weighted by atomic mass is 9.79. The van der Waals surface area contributed by atoms with Crippen molar-refractivity contribution < 1.29 is 9.84 Å². The van der Waals surface area contributed by atoms with Crippen LogP contribution in [0.25, 0.3) is 0 Å². The summed E-state index contributed by atoms with van der Waals surface area (Å²) >= 11 is 0. The molecule has 0 aliphatic heterocycles. The fraction of sp³-hybridized carbons (Fsp3) is 0.667. The van der Waals surface area contributed by atoms with Gasteiger partial charge in [0.25, 0.3) is 0 Å². The Bertz CT molecular complexity index is 408. The van der Waals surface area contributed by atoms with Crippen molar-refractivity contribution in [3.8, 4) is 5.75 Å². The summed E-state index contributed by atoms with van der Waals surface area (Å²) in [5.74, 6) is 1.70. The van der Waals surface area contributed by atoms with E-state index in [0.717, 1.165) is 56.9 Å². The van der Waals surface area contributed by atoms with E-state index in [9.17, 15) is 5.11 Å². The van der Waals surface area contributed by atoms with E-state index in [1.54, 1.807) is 0 Å². The molecule has 1 aliphatic carbocycles. The van der Waals surface area contributed by atoms with E-state index in [1.807, 2.05) is 12.1 Å². The second-order valence-electron chi connectivity index (χ2n) is 6.50. The molecule has 21 heavy (non-hydrogen) atoms. The maximum Gasteiger partial charge on any atom is 0.119 e. The summed E-state index contributed by atoms with van der Waals surface area (Å²) in [5.41, 5.74) is 0.725. The Balaban J connectivity index is 1.73. The molecule has 3 heteroatoms. The quantitative estimate of drug-likeness (QED) is 0.808. The molecule has 3 nitrogen and oxygen atoms in total. The van der Waals surface area contributed by atoms with Gasteiger partial charge in [-0.05, 0) is 55.7 Å². The Hall–Kier alpha value is -1.06. The normalized spacial score (nSPS) is 25.8. The molecule has 0 radical (unpaired) electrons. The largest absolute Gasteiger partial charge is 0.494 e. The zero-order valence-electron chi connectivity index (χ0n) is 13.4. The third-order valence-corrected chi connectivity index (χ3v) is 4.38. The molecule has 1 aromatic carbocycles. The van der Waals surface area contributed by atoms with Gasteiger partial charge in [-0.15, -0.1) is 0 Å². The van der Waals surface area contributed by atoms with Crippen molar-refractivity contribution in [2.24, 2.45) is 5.92 Å². The summed E-state index contributed by atoms with van der Waals surface area (Å²) in [6.45, 7) is 6.63. The van der Waals surface area contributed by atoms with Crippen LogP contribution in [0.2, 0.25) is 0 Å². The Kier molecular flexibility index (Phi) is 6.07. The third-order valence-electron chi connectivity index (χ3n) is 4.38. The first-order valence-electron chi connectivity index (χ1n) is 8.26. The van der Waals surface area contributed by atoms with Gasteiger partial charge < -0.3 is 15.2 Å². The number of aliphatic hydroxyl groups is 1. The fourth-order valence-corrected chi connectivity index (χ4v) is 2.84. The first-order chi connectivity index (χ1) is 10.1. The summed E-state index contributed by atoms with van der Waals surface area (Å²) in [6, 6.07) is 8.21. The number of hydrogen-bond donors (Lipinski definition) is 2. The fourth-order valence-electron chi connectivity index (χ4n) is 2.84. The molecule has 2 rings (SSSR count). The van der Waals surface area contributed by atoms with E-state index in [1.165, 1.54) is 5.56 Å². The van der Waals surface area contributed by atoms with Crippen LogP contribution in [-0.4, -0.2) is 23.9 Å². The van der Waals surface area contributed by atoms with Gasteiger partial charge in [-0.1, -0.05) is 26.0 Å². The lowest BCUT2D eigenvalue weighted by molar-refractivity contribution is -0.00630. The van der Waals surface area contributed by atoms with Crippen LogP contribution in [0.5, 0.6) is 5.75 Å². The van der Waals surface area contributed by atoms with E-state index in [0.29, 0.717) is 6.54 Å². The lowest BCUT2D eigenvalue weighted by Crippen LogP contribution is -2.43. The maximum atomic E-state index is 10.5. The van der Waals surface area contributed by atoms with Gasteiger partial charge in [0.05, 0.1) is 12.2 Å². The van der Waals surface area contributed by atoms with Gasteiger partial charge in [-0.25, -0.2) is 0 Å². The van der Waals surface area contributed by atoms with Gasteiger partial charge in [-0.3, -0.25) is 0 Å². The average molecular weight is 291 g/mol. The molecule has 0 amide bonds. The van der Waals surface area contributed by atoms with E-state index in [2.05, 4.69) is 31.3 Å². The van der Waals surface area contributed by atoms with Crippen molar-refractivity contribution in [3.05, 3.63) is 29.8 Å². The Labute approximate surface area is 128 Å². The van der Waals surface area contributed by atoms with Gasteiger partial charge >= 0.3 is 0 Å². The molecule has 0 saturated heterocycles. The number of nitrogens with one attached hydrogen (secondary N) is 1. The molecule has 1 fully saturated rings. The van der Waals surface area contributed by atoms with Crippen molar-refractivity contribution in [3.63, 3.8) is 0 Å². The van der Waals surface area contributed by atoms with Crippen molar-refractivity contribution in [2.75, 3.05) is 13.2 Å². The summed E-state index contributed by atoms with van der Waals surface area (Å²) in [4.78, 5) is 0. The van der Waals surface area contributed by atoms with Crippen LogP contribution in [0, 0.1) is 5.92 Å². The predicted octanol–water partition coefficient (Wildman–Crippen LogP) is 3.51. The Morgan fingerprint density at radius 3 is 2.52 bits per heavy atom. The molecule has 0 atom stereocenters. The second kappa shape index (κ2) is 7.81. The number of benzene rings is 1. The maximum absolute atomic E-state index is 10.5. The Morgan fingerprint density at radius 2 is 1.90 bits per heavy atom. The van der Waals surface area contributed by atoms with Crippen molar-refractivity contribution in [1.29, 1.82) is 0 Å². The minimum absolute atomic E-state index is 0.503. The highest BCUT2D eigenvalue weighted by molar-refractivity contribution is 5.27. The highest BCUT2D eigenvalue weighted by Gasteiger charge is 2.31. The zero-order chi connectivity index (χ0) is 15.1. The standard InChI is InChI=1S/C18H29NO2/c1-3-12-21-17-6-4-16(5-7-17)13-19-14-18(20)10-8-15(2)9-11-18/h4-7,15,19-20H,3,8-14H2,1-2H3. The van der Waals surface area contributed by atoms with Crippen LogP contribution >= 0.6 is 0 Å². The van der Waals surface area contributed by atoms with Crippen LogP contribution in [0.4, 0.5) is 0 Å². The summed E-state index contributed by atoms with van der Waals surface area (Å²) in [5, 5.41) is 13.9. The molecule has 0 bridgehead atoms. The minimum atomic E-state index is -0.503. The number of hydrogen-bond acceptors (Lipinski definition) is 3. The van der Waals surface area contributed by atoms with Crippen molar-refractivity contribution in [2.45, 2.75) is 58.1 Å². The second-order valence-corrected chi connectivity index (χ2v) is 6.50. The first kappa shape index (κ1) is 16.3. The Morgan fingerprint density at radius 1 is 1.24 bits per heavy atom. The summed E-state index contributed by atoms with van der Waals surface area (Å²) in [7, 11) is 0. The van der Waals surface area contributed by atoms with Crippen LogP contribution < -0.4 is 10.1 Å². The molecule has 0 aromatic heterocycles. The van der Waals surface area contributed by atoms with Crippen LogP contribution in [0.3, 0.4) is 0 Å². The summed E-state index contributed by atoms with van der Waals surface area (Å²) in [6.07, 6.45) is 5.15. The van der Waals surface area contributed by atoms with E-state index in [4.69, 9.17) is 4.74 Å². The van der Waals surface area contributed by atoms with E-state index >= 15 is 0 Å². The SMILES string of the molecule is CCCOc1ccc(CNCC2(O)CCC(C)CC2)cc1. The lowest BCUT2D eigenvalue weighted by Gasteiger charge is -2.35. The minimum Gasteiger partial charge on any atom is -0.494 e. The predicted molar refractivity (Wildman–Crippen MR) is 86.5 cm³/mol. The van der Waals surface area contributed by atoms with Crippen molar-refractivity contribution in [1.82, 2.24) is 5.32 Å². The molecule has 1 aliphatic rings. The smallest absolute Gasteiger partial charge is 0.119 e. The highest BCUT2D eigenvalue weighted by atomic mass is 16.5. The van der Waals surface area contributed by atoms with Crippen LogP contribution in [0.1, 0.15) is 51.5 Å². The monoisotopic (exact) mass is 291 g/mol. The average Bonchev–Trinajstić information content (AvgIpc) is 2.50. The molecule has 2 N–H and O–H groups in total. The third kappa shape index (κ3) is 5.33. The molecule has 0 unspecified atom stereocenters. The molecule has 1 saturated carbocycles. The highest BCUT2D eigenvalue weighted by Crippen LogP contribution is 2.31. The molecule has 1 aromatic rings. The van der Waals surface area contributed by atoms with Gasteiger partial charge in [0.2, 0.25) is 0 Å². The molecular weight excluding hydrogens is 262 g/mol. The van der Waals surface area contributed by atoms with Gasteiger partial charge in [-0.2, -0.15) is 0 Å². The van der Waals surface area contributed by atoms with E-state index in [-0.39, 0.29) is 0 Å². The van der Waals surface area contributed by atoms with Gasteiger partial charge in [0.15, 0.2) is 0 Å². The first-order valence-corrected chi connectivity index (χ1v) is 8.26. The number of rotatable bonds is 7. The summed E-state index contributed by atoms with van der Waals surface area (Å²) < 4.78 is 5.58. The van der Waals surface area contributed by atoms with Crippen LogP contribution in [0.15, 0.2) is 24.3 Å². The topological polar surface area (TPSA) is 41.5 Å². The molecule has 0 spiro atoms. The number of ether oxygens (including phenoxy) is 1. The zero-order valence-corrected chi connectivity index (χ0v) is 13.4. The van der Waals surface area contributed by atoms with Gasteiger partial charge in [0.1, 0.15) is 5.75 Å².